The predicted molar refractivity (Wildman–Crippen MR) is 56.9 cm³/mol. The van der Waals surface area contributed by atoms with Gasteiger partial charge in [-0.3, -0.25) is 14.5 Å². The second kappa shape index (κ2) is 5.52. The number of terminal acetylenes is 1. The molecular weight excluding hydrogens is 192 g/mol. The van der Waals surface area contributed by atoms with Crippen molar-refractivity contribution in [3.8, 4) is 12.3 Å². The molecule has 1 N–H and O–H groups in total. The van der Waals surface area contributed by atoms with Crippen LogP contribution in [0.25, 0.3) is 0 Å². The Balaban J connectivity index is 2.36. The third kappa shape index (κ3) is 2.80. The van der Waals surface area contributed by atoms with E-state index in [0.717, 1.165) is 6.42 Å². The molecule has 1 aliphatic rings. The van der Waals surface area contributed by atoms with Crippen LogP contribution in [0.4, 0.5) is 0 Å². The minimum absolute atomic E-state index is 0.0862. The van der Waals surface area contributed by atoms with Crippen LogP contribution in [0.3, 0.4) is 0 Å². The first-order valence-electron chi connectivity index (χ1n) is 5.21. The fourth-order valence-corrected chi connectivity index (χ4v) is 1.64. The van der Waals surface area contributed by atoms with Crippen LogP contribution >= 0.6 is 0 Å². The van der Waals surface area contributed by atoms with E-state index < -0.39 is 0 Å². The summed E-state index contributed by atoms with van der Waals surface area (Å²) in [5, 5.41) is 3.05. The van der Waals surface area contributed by atoms with Crippen LogP contribution in [0, 0.1) is 12.3 Å². The molecule has 1 fully saturated rings. The van der Waals surface area contributed by atoms with Crippen molar-refractivity contribution in [1.29, 1.82) is 0 Å². The van der Waals surface area contributed by atoms with Gasteiger partial charge in [0.05, 0.1) is 12.5 Å². The highest BCUT2D eigenvalue weighted by molar-refractivity contribution is 6.05. The molecule has 15 heavy (non-hydrogen) atoms. The van der Waals surface area contributed by atoms with Gasteiger partial charge in [-0.05, 0) is 19.9 Å². The normalized spacial score (nSPS) is 20.8. The van der Waals surface area contributed by atoms with E-state index in [-0.39, 0.29) is 24.3 Å². The van der Waals surface area contributed by atoms with Gasteiger partial charge in [0.25, 0.3) is 0 Å². The lowest BCUT2D eigenvalue weighted by molar-refractivity contribution is -0.138. The number of nitrogens with zero attached hydrogens (tertiary/aromatic N) is 1. The van der Waals surface area contributed by atoms with Crippen LogP contribution in [0.2, 0.25) is 0 Å². The lowest BCUT2D eigenvalue weighted by atomic mass is 10.2. The highest BCUT2D eigenvalue weighted by Crippen LogP contribution is 2.12. The van der Waals surface area contributed by atoms with E-state index in [1.54, 1.807) is 6.92 Å². The molecule has 4 nitrogen and oxygen atoms in total. The Kier molecular flexibility index (Phi) is 4.32. The van der Waals surface area contributed by atoms with Crippen LogP contribution in [0.15, 0.2) is 0 Å². The number of likely N-dealkylation sites (N-methyl/N-ethyl adjacent to an activating group) is 1. The van der Waals surface area contributed by atoms with Crippen LogP contribution < -0.4 is 5.32 Å². The Morgan fingerprint density at radius 1 is 1.60 bits per heavy atom. The molecule has 0 aromatic rings. The molecule has 82 valence electrons. The lowest BCUT2D eigenvalue weighted by Crippen LogP contribution is -2.39. The molecule has 1 aliphatic heterocycles. The molecule has 1 rings (SSSR count). The zero-order chi connectivity index (χ0) is 11.3. The number of hydrogen-bond donors (Lipinski definition) is 1. The van der Waals surface area contributed by atoms with E-state index in [1.807, 2.05) is 0 Å². The van der Waals surface area contributed by atoms with Gasteiger partial charge in [0.15, 0.2) is 0 Å². The Morgan fingerprint density at radius 3 is 2.87 bits per heavy atom. The van der Waals surface area contributed by atoms with Crippen molar-refractivity contribution in [2.75, 3.05) is 13.1 Å². The number of unbranched alkanes of at least 4 members (excludes halogenated alkanes) is 1. The fraction of sp³-hybridized carbons (Fsp3) is 0.636. The van der Waals surface area contributed by atoms with E-state index >= 15 is 0 Å². The smallest absolute Gasteiger partial charge is 0.246 e. The van der Waals surface area contributed by atoms with Crippen molar-refractivity contribution in [2.45, 2.75) is 32.2 Å². The fourth-order valence-electron chi connectivity index (χ4n) is 1.64. The standard InChI is InChI=1S/C11H16N2O2/c1-3-5-6-7-12-9-8-10(14)13(4-2)11(9)15/h1,9,12H,4-8H2,2H3. The van der Waals surface area contributed by atoms with Crippen molar-refractivity contribution >= 4 is 11.8 Å². The number of nitrogens with one attached hydrogen (secondary N) is 1. The summed E-state index contributed by atoms with van der Waals surface area (Å²) >= 11 is 0. The summed E-state index contributed by atoms with van der Waals surface area (Å²) in [4.78, 5) is 24.3. The Hall–Kier alpha value is -1.34. The van der Waals surface area contributed by atoms with E-state index in [0.29, 0.717) is 19.5 Å². The summed E-state index contributed by atoms with van der Waals surface area (Å²) in [6, 6.07) is -0.338. The van der Waals surface area contributed by atoms with E-state index in [2.05, 4.69) is 11.2 Å². The number of carbonyl (C=O) groups excluding carboxylic acids is 2. The number of carbonyl (C=O) groups is 2. The predicted octanol–water partition coefficient (Wildman–Crippen LogP) is 0.137. The molecule has 0 aromatic carbocycles. The maximum absolute atomic E-state index is 11.6. The monoisotopic (exact) mass is 208 g/mol. The molecule has 0 spiro atoms. The number of amides is 2. The Morgan fingerprint density at radius 2 is 2.33 bits per heavy atom. The van der Waals surface area contributed by atoms with E-state index in [4.69, 9.17) is 6.42 Å². The van der Waals surface area contributed by atoms with Gasteiger partial charge in [0, 0.05) is 13.0 Å². The molecule has 0 radical (unpaired) electrons. The molecule has 1 saturated heterocycles. The summed E-state index contributed by atoms with van der Waals surface area (Å²) < 4.78 is 0. The highest BCUT2D eigenvalue weighted by Gasteiger charge is 2.36. The first-order valence-corrected chi connectivity index (χ1v) is 5.21. The van der Waals surface area contributed by atoms with Crippen LogP contribution in [-0.2, 0) is 9.59 Å². The van der Waals surface area contributed by atoms with Gasteiger partial charge in [-0.2, -0.15) is 0 Å². The summed E-state index contributed by atoms with van der Waals surface area (Å²) in [6.45, 7) is 2.95. The third-order valence-corrected chi connectivity index (χ3v) is 2.45. The van der Waals surface area contributed by atoms with Gasteiger partial charge in [0.1, 0.15) is 0 Å². The van der Waals surface area contributed by atoms with Gasteiger partial charge in [0.2, 0.25) is 11.8 Å². The molecule has 4 heteroatoms. The molecule has 0 saturated carbocycles. The topological polar surface area (TPSA) is 49.4 Å². The van der Waals surface area contributed by atoms with Gasteiger partial charge >= 0.3 is 0 Å². The Bertz CT molecular complexity index is 293. The van der Waals surface area contributed by atoms with E-state index in [9.17, 15) is 9.59 Å². The number of likely N-dealkylation sites (tertiary alicyclic amines) is 1. The van der Waals surface area contributed by atoms with Crippen molar-refractivity contribution in [1.82, 2.24) is 10.2 Å². The molecule has 0 aliphatic carbocycles. The average molecular weight is 208 g/mol. The molecule has 2 amide bonds. The maximum Gasteiger partial charge on any atom is 0.246 e. The van der Waals surface area contributed by atoms with Gasteiger partial charge in [-0.1, -0.05) is 0 Å². The van der Waals surface area contributed by atoms with Crippen molar-refractivity contribution < 1.29 is 9.59 Å². The highest BCUT2D eigenvalue weighted by atomic mass is 16.2. The maximum atomic E-state index is 11.6. The quantitative estimate of drug-likeness (QED) is 0.397. The largest absolute Gasteiger partial charge is 0.305 e. The molecular formula is C11H16N2O2. The van der Waals surface area contributed by atoms with Crippen molar-refractivity contribution in [2.24, 2.45) is 0 Å². The lowest BCUT2D eigenvalue weighted by Gasteiger charge is -2.12. The summed E-state index contributed by atoms with van der Waals surface area (Å²) in [7, 11) is 0. The third-order valence-electron chi connectivity index (χ3n) is 2.45. The van der Waals surface area contributed by atoms with Gasteiger partial charge in [-0.15, -0.1) is 12.3 Å². The molecule has 0 bridgehead atoms. The van der Waals surface area contributed by atoms with Crippen LogP contribution in [-0.4, -0.2) is 35.8 Å². The zero-order valence-electron chi connectivity index (χ0n) is 8.95. The van der Waals surface area contributed by atoms with Crippen molar-refractivity contribution in [3.63, 3.8) is 0 Å². The minimum atomic E-state index is -0.338. The SMILES string of the molecule is C#CCCCNC1CC(=O)N(CC)C1=O. The van der Waals surface area contributed by atoms with Crippen LogP contribution in [0.1, 0.15) is 26.2 Å². The average Bonchev–Trinajstić information content (AvgIpc) is 2.49. The number of hydrogen-bond acceptors (Lipinski definition) is 3. The molecule has 1 atom stereocenters. The van der Waals surface area contributed by atoms with E-state index in [1.165, 1.54) is 4.90 Å². The first-order chi connectivity index (χ1) is 7.20. The second-order valence-corrected chi connectivity index (χ2v) is 3.49. The van der Waals surface area contributed by atoms with Crippen molar-refractivity contribution in [3.05, 3.63) is 0 Å². The second-order valence-electron chi connectivity index (χ2n) is 3.49. The summed E-state index contributed by atoms with van der Waals surface area (Å²) in [5.74, 6) is 2.34. The first kappa shape index (κ1) is 11.7. The van der Waals surface area contributed by atoms with Gasteiger partial charge < -0.3 is 5.32 Å². The number of imide groups is 1. The number of rotatable bonds is 5. The summed E-state index contributed by atoms with van der Waals surface area (Å²) in [5.41, 5.74) is 0. The van der Waals surface area contributed by atoms with Crippen LogP contribution in [0.5, 0.6) is 0 Å². The molecule has 1 unspecified atom stereocenters. The molecule has 1 heterocycles. The minimum Gasteiger partial charge on any atom is -0.305 e. The Labute approximate surface area is 90.0 Å². The zero-order valence-corrected chi connectivity index (χ0v) is 8.95. The van der Waals surface area contributed by atoms with Gasteiger partial charge in [-0.25, -0.2) is 0 Å². The summed E-state index contributed by atoms with van der Waals surface area (Å²) in [6.07, 6.45) is 6.92. The molecule has 0 aromatic heterocycles.